The molecule has 0 heterocycles. The van der Waals surface area contributed by atoms with Gasteiger partial charge in [0.1, 0.15) is 0 Å². The van der Waals surface area contributed by atoms with Gasteiger partial charge in [-0.2, -0.15) is 0 Å². The van der Waals surface area contributed by atoms with Crippen molar-refractivity contribution in [3.8, 4) is 0 Å². The van der Waals surface area contributed by atoms with Gasteiger partial charge in [-0.25, -0.2) is 0 Å². The van der Waals surface area contributed by atoms with Gasteiger partial charge >= 0.3 is 0 Å². The lowest BCUT2D eigenvalue weighted by Gasteiger charge is -2.20. The normalized spacial score (nSPS) is 13.6. The van der Waals surface area contributed by atoms with Gasteiger partial charge in [0.25, 0.3) is 0 Å². The molecule has 0 unspecified atom stereocenters. The third-order valence-corrected chi connectivity index (χ3v) is 3.96. The van der Waals surface area contributed by atoms with E-state index in [-0.39, 0.29) is 0 Å². The van der Waals surface area contributed by atoms with Gasteiger partial charge in [0.05, 0.1) is 5.70 Å². The lowest BCUT2D eigenvalue weighted by Crippen LogP contribution is -2.21. The van der Waals surface area contributed by atoms with Crippen LogP contribution in [-0.4, -0.2) is 11.6 Å². The van der Waals surface area contributed by atoms with E-state index < -0.39 is 11.6 Å². The Morgan fingerprint density at radius 3 is 2.41 bits per heavy atom. The molecule has 1 N–H and O–H groups in total. The molecule has 0 saturated carbocycles. The summed E-state index contributed by atoms with van der Waals surface area (Å²) in [5.41, 5.74) is 5.23. The standard InChI is InChI=1S/C19H17NO2/c1-3-13-8-6-7-12(2)18(13)20-16-11-17(21)19(22)15-10-5-4-9-14(15)16/h4-11,20H,3H2,1-2H3. The van der Waals surface area contributed by atoms with Crippen molar-refractivity contribution in [1.82, 2.24) is 0 Å². The first-order valence-electron chi connectivity index (χ1n) is 7.37. The van der Waals surface area contributed by atoms with E-state index in [0.717, 1.165) is 23.2 Å². The molecule has 3 heteroatoms. The van der Waals surface area contributed by atoms with Crippen molar-refractivity contribution < 1.29 is 9.59 Å². The minimum atomic E-state index is -0.479. The topological polar surface area (TPSA) is 46.2 Å². The van der Waals surface area contributed by atoms with E-state index in [4.69, 9.17) is 0 Å². The van der Waals surface area contributed by atoms with Gasteiger partial charge < -0.3 is 5.32 Å². The molecule has 1 aliphatic carbocycles. The number of fused-ring (bicyclic) bond motifs is 1. The monoisotopic (exact) mass is 291 g/mol. The van der Waals surface area contributed by atoms with Gasteiger partial charge in [0, 0.05) is 22.9 Å². The third-order valence-electron chi connectivity index (χ3n) is 3.96. The van der Waals surface area contributed by atoms with Crippen LogP contribution in [-0.2, 0) is 11.2 Å². The fraction of sp³-hybridized carbons (Fsp3) is 0.158. The predicted molar refractivity (Wildman–Crippen MR) is 87.9 cm³/mol. The van der Waals surface area contributed by atoms with Crippen LogP contribution in [0.15, 0.2) is 48.5 Å². The lowest BCUT2D eigenvalue weighted by atomic mass is 9.92. The first-order valence-corrected chi connectivity index (χ1v) is 7.37. The maximum absolute atomic E-state index is 12.0. The first-order chi connectivity index (χ1) is 10.6. The van der Waals surface area contributed by atoms with Gasteiger partial charge in [-0.3, -0.25) is 9.59 Å². The summed E-state index contributed by atoms with van der Waals surface area (Å²) in [5.74, 6) is -0.922. The molecule has 0 saturated heterocycles. The fourth-order valence-corrected chi connectivity index (χ4v) is 2.76. The number of benzene rings is 2. The molecule has 3 nitrogen and oxygen atoms in total. The Morgan fingerprint density at radius 1 is 0.955 bits per heavy atom. The summed E-state index contributed by atoms with van der Waals surface area (Å²) in [6.07, 6.45) is 2.29. The number of ketones is 2. The Kier molecular flexibility index (Phi) is 3.63. The van der Waals surface area contributed by atoms with E-state index in [0.29, 0.717) is 11.3 Å². The highest BCUT2D eigenvalue weighted by atomic mass is 16.2. The summed E-state index contributed by atoms with van der Waals surface area (Å²) < 4.78 is 0. The second kappa shape index (κ2) is 5.60. The number of Topliss-reactive ketones (excluding diaryl/α,β-unsaturated/α-hetero) is 1. The van der Waals surface area contributed by atoms with Crippen LogP contribution < -0.4 is 5.32 Å². The summed E-state index contributed by atoms with van der Waals surface area (Å²) >= 11 is 0. The summed E-state index contributed by atoms with van der Waals surface area (Å²) in [6, 6.07) is 13.3. The second-order valence-corrected chi connectivity index (χ2v) is 5.38. The molecular formula is C19H17NO2. The molecule has 0 radical (unpaired) electrons. The number of hydrogen-bond donors (Lipinski definition) is 1. The predicted octanol–water partition coefficient (Wildman–Crippen LogP) is 3.78. The molecule has 22 heavy (non-hydrogen) atoms. The first kappa shape index (κ1) is 14.3. The molecule has 1 aliphatic rings. The quantitative estimate of drug-likeness (QED) is 0.875. The van der Waals surface area contributed by atoms with E-state index in [9.17, 15) is 9.59 Å². The molecule has 110 valence electrons. The number of carbonyl (C=O) groups excluding carboxylic acids is 2. The number of rotatable bonds is 3. The maximum atomic E-state index is 12.0. The number of carbonyl (C=O) groups is 2. The Balaban J connectivity index is 2.08. The third kappa shape index (κ3) is 2.35. The van der Waals surface area contributed by atoms with Crippen LogP contribution in [0.25, 0.3) is 5.70 Å². The maximum Gasteiger partial charge on any atom is 0.233 e. The van der Waals surface area contributed by atoms with Crippen LogP contribution in [0.4, 0.5) is 5.69 Å². The molecule has 0 spiro atoms. The zero-order valence-corrected chi connectivity index (χ0v) is 12.6. The summed E-state index contributed by atoms with van der Waals surface area (Å²) in [6.45, 7) is 4.13. The lowest BCUT2D eigenvalue weighted by molar-refractivity contribution is -0.111. The molecule has 0 aromatic heterocycles. The van der Waals surface area contributed by atoms with Crippen LogP contribution in [0.3, 0.4) is 0 Å². The average Bonchev–Trinajstić information content (AvgIpc) is 2.54. The number of aryl methyl sites for hydroxylation is 2. The number of hydrogen-bond acceptors (Lipinski definition) is 3. The molecule has 3 rings (SSSR count). The largest absolute Gasteiger partial charge is 0.354 e. The van der Waals surface area contributed by atoms with Crippen LogP contribution >= 0.6 is 0 Å². The van der Waals surface area contributed by atoms with E-state index in [2.05, 4.69) is 18.3 Å². The molecular weight excluding hydrogens is 274 g/mol. The van der Waals surface area contributed by atoms with E-state index >= 15 is 0 Å². The second-order valence-electron chi connectivity index (χ2n) is 5.38. The van der Waals surface area contributed by atoms with Crippen LogP contribution in [0.5, 0.6) is 0 Å². The van der Waals surface area contributed by atoms with Gasteiger partial charge in [-0.05, 0) is 24.5 Å². The van der Waals surface area contributed by atoms with Crippen molar-refractivity contribution in [2.24, 2.45) is 0 Å². The van der Waals surface area contributed by atoms with Crippen molar-refractivity contribution in [2.45, 2.75) is 20.3 Å². The number of anilines is 1. The van der Waals surface area contributed by atoms with Crippen molar-refractivity contribution in [2.75, 3.05) is 5.32 Å². The molecule has 0 fully saturated rings. The van der Waals surface area contributed by atoms with Gasteiger partial charge in [0.15, 0.2) is 0 Å². The number of para-hydroxylation sites is 1. The number of allylic oxidation sites excluding steroid dienone is 1. The zero-order chi connectivity index (χ0) is 15.7. The Labute approximate surface area is 129 Å². The molecule has 2 aromatic rings. The van der Waals surface area contributed by atoms with Crippen LogP contribution in [0.2, 0.25) is 0 Å². The summed E-state index contributed by atoms with van der Waals surface area (Å²) in [7, 11) is 0. The smallest absolute Gasteiger partial charge is 0.233 e. The van der Waals surface area contributed by atoms with Gasteiger partial charge in [-0.1, -0.05) is 49.4 Å². The average molecular weight is 291 g/mol. The van der Waals surface area contributed by atoms with Crippen molar-refractivity contribution >= 4 is 23.0 Å². The molecule has 0 aliphatic heterocycles. The van der Waals surface area contributed by atoms with Crippen LogP contribution in [0.1, 0.15) is 34.0 Å². The van der Waals surface area contributed by atoms with Crippen molar-refractivity contribution in [3.63, 3.8) is 0 Å². The molecule has 0 amide bonds. The fourth-order valence-electron chi connectivity index (χ4n) is 2.76. The van der Waals surface area contributed by atoms with E-state index in [1.165, 1.54) is 11.6 Å². The van der Waals surface area contributed by atoms with E-state index in [1.807, 2.05) is 31.2 Å². The summed E-state index contributed by atoms with van der Waals surface area (Å²) in [4.78, 5) is 23.9. The number of nitrogens with one attached hydrogen (secondary N) is 1. The minimum Gasteiger partial charge on any atom is -0.354 e. The highest BCUT2D eigenvalue weighted by Gasteiger charge is 2.25. The minimum absolute atomic E-state index is 0.443. The SMILES string of the molecule is CCc1cccc(C)c1NC1=CC(=O)C(=O)c2ccccc21. The molecule has 0 bridgehead atoms. The highest BCUT2D eigenvalue weighted by molar-refractivity contribution is 6.50. The van der Waals surface area contributed by atoms with Gasteiger partial charge in [0.2, 0.25) is 11.6 Å². The Hall–Kier alpha value is -2.68. The highest BCUT2D eigenvalue weighted by Crippen LogP contribution is 2.29. The zero-order valence-electron chi connectivity index (χ0n) is 12.6. The van der Waals surface area contributed by atoms with Gasteiger partial charge in [-0.15, -0.1) is 0 Å². The molecule has 0 atom stereocenters. The molecule has 2 aromatic carbocycles. The Morgan fingerprint density at radius 2 is 1.68 bits per heavy atom. The van der Waals surface area contributed by atoms with E-state index in [1.54, 1.807) is 12.1 Å². The summed E-state index contributed by atoms with van der Waals surface area (Å²) in [5, 5.41) is 3.36. The van der Waals surface area contributed by atoms with Crippen LogP contribution in [0, 0.1) is 6.92 Å². The van der Waals surface area contributed by atoms with Crippen molar-refractivity contribution in [1.29, 1.82) is 0 Å². The Bertz CT molecular complexity index is 803. The van der Waals surface area contributed by atoms with Crippen molar-refractivity contribution in [3.05, 3.63) is 70.8 Å².